The van der Waals surface area contributed by atoms with Crippen LogP contribution in [0.4, 0.5) is 10.1 Å². The van der Waals surface area contributed by atoms with E-state index in [0.717, 1.165) is 19.6 Å². The third kappa shape index (κ3) is 3.18. The molecule has 0 aliphatic rings. The van der Waals surface area contributed by atoms with Crippen LogP contribution in [-0.2, 0) is 6.54 Å². The second-order valence-corrected chi connectivity index (χ2v) is 6.89. The Balaban J connectivity index is 2.04. The molecule has 1 nitrogen and oxygen atoms in total. The summed E-state index contributed by atoms with van der Waals surface area (Å²) in [6.45, 7) is 0.762. The molecule has 0 atom stereocenters. The van der Waals surface area contributed by atoms with Crippen LogP contribution in [0.2, 0.25) is 0 Å². The molecule has 1 heterocycles. The van der Waals surface area contributed by atoms with Crippen LogP contribution in [-0.4, -0.2) is 0 Å². The molecular weight excluding hydrogens is 404 g/mol. The number of thiophene rings is 1. The van der Waals surface area contributed by atoms with Crippen molar-refractivity contribution in [2.75, 3.05) is 5.32 Å². The van der Waals surface area contributed by atoms with E-state index >= 15 is 0 Å². The summed E-state index contributed by atoms with van der Waals surface area (Å²) in [5.41, 5.74) is 0.964. The van der Waals surface area contributed by atoms with Crippen LogP contribution in [0.3, 0.4) is 0 Å². The fraction of sp³-hybridized carbons (Fsp3) is 0.0909. The van der Waals surface area contributed by atoms with Crippen LogP contribution in [0.5, 0.6) is 0 Å². The van der Waals surface area contributed by atoms with Gasteiger partial charge in [0.2, 0.25) is 0 Å². The van der Waals surface area contributed by atoms with Crippen molar-refractivity contribution in [2.45, 2.75) is 6.54 Å². The first-order valence-corrected chi connectivity index (χ1v) is 7.27. The van der Waals surface area contributed by atoms with Crippen molar-refractivity contribution in [3.63, 3.8) is 0 Å². The molecule has 0 saturated carbocycles. The fourth-order valence-corrected chi connectivity index (χ4v) is 3.35. The Kier molecular flexibility index (Phi) is 4.21. The average molecular weight is 412 g/mol. The largest absolute Gasteiger partial charge is 0.379 e. The maximum absolute atomic E-state index is 12.9. The van der Waals surface area contributed by atoms with Gasteiger partial charge in [0.15, 0.2) is 0 Å². The molecule has 0 radical (unpaired) electrons. The van der Waals surface area contributed by atoms with E-state index in [1.807, 2.05) is 6.07 Å². The first-order valence-electron chi connectivity index (χ1n) is 4.58. The molecule has 0 fully saturated rings. The lowest BCUT2D eigenvalue weighted by molar-refractivity contribution is 0.627. The van der Waals surface area contributed by atoms with Crippen LogP contribution in [0.15, 0.2) is 34.1 Å². The number of nitrogens with one attached hydrogen (secondary N) is 1. The highest BCUT2D eigenvalue weighted by Gasteiger charge is 2.02. The molecule has 0 aliphatic heterocycles. The quantitative estimate of drug-likeness (QED) is 0.710. The molecular formula is C11H8BrFINS. The SMILES string of the molecule is Fc1ccc(NCc2ccc(Br)s2)c(I)c1. The van der Waals surface area contributed by atoms with E-state index in [9.17, 15) is 4.39 Å². The summed E-state index contributed by atoms with van der Waals surface area (Å²) in [4.78, 5) is 1.24. The lowest BCUT2D eigenvalue weighted by atomic mass is 10.3. The monoisotopic (exact) mass is 411 g/mol. The Morgan fingerprint density at radius 1 is 1.31 bits per heavy atom. The molecule has 0 amide bonds. The Morgan fingerprint density at radius 3 is 2.75 bits per heavy atom. The van der Waals surface area contributed by atoms with E-state index in [-0.39, 0.29) is 5.82 Å². The molecule has 0 bridgehead atoms. The summed E-state index contributed by atoms with van der Waals surface area (Å²) in [6, 6.07) is 8.84. The van der Waals surface area contributed by atoms with Crippen molar-refractivity contribution >= 4 is 55.5 Å². The van der Waals surface area contributed by atoms with Gasteiger partial charge in [0.1, 0.15) is 5.82 Å². The van der Waals surface area contributed by atoms with Crippen LogP contribution in [0.25, 0.3) is 0 Å². The standard InChI is InChI=1S/C11H8BrFINS/c12-11-4-2-8(16-11)6-15-10-3-1-7(13)5-9(10)14/h1-5,15H,6H2. The summed E-state index contributed by atoms with van der Waals surface area (Å²) < 4.78 is 14.9. The van der Waals surface area contributed by atoms with Crippen LogP contribution in [0, 0.1) is 9.39 Å². The minimum Gasteiger partial charge on any atom is -0.379 e. The molecule has 2 rings (SSSR count). The lowest BCUT2D eigenvalue weighted by Gasteiger charge is -2.07. The number of halogens is 3. The second kappa shape index (κ2) is 5.46. The van der Waals surface area contributed by atoms with Crippen LogP contribution in [0.1, 0.15) is 4.88 Å². The van der Waals surface area contributed by atoms with Gasteiger partial charge in [-0.15, -0.1) is 11.3 Å². The molecule has 1 aromatic heterocycles. The van der Waals surface area contributed by atoms with E-state index in [1.165, 1.54) is 17.0 Å². The third-order valence-corrected chi connectivity index (χ3v) is 4.53. The molecule has 5 heteroatoms. The second-order valence-electron chi connectivity index (χ2n) is 3.18. The van der Waals surface area contributed by atoms with Gasteiger partial charge in [-0.2, -0.15) is 0 Å². The Bertz CT molecular complexity index is 500. The van der Waals surface area contributed by atoms with Gasteiger partial charge >= 0.3 is 0 Å². The molecule has 16 heavy (non-hydrogen) atoms. The minimum absolute atomic E-state index is 0.200. The zero-order valence-corrected chi connectivity index (χ0v) is 12.7. The first-order chi connectivity index (χ1) is 7.65. The lowest BCUT2D eigenvalue weighted by Crippen LogP contribution is -1.99. The number of hydrogen-bond acceptors (Lipinski definition) is 2. The van der Waals surface area contributed by atoms with Crippen molar-refractivity contribution < 1.29 is 4.39 Å². The molecule has 0 unspecified atom stereocenters. The zero-order valence-electron chi connectivity index (χ0n) is 8.14. The van der Waals surface area contributed by atoms with Crippen LogP contribution < -0.4 is 5.32 Å². The van der Waals surface area contributed by atoms with Crippen molar-refractivity contribution in [2.24, 2.45) is 0 Å². The summed E-state index contributed by atoms with van der Waals surface area (Å²) >= 11 is 7.24. The van der Waals surface area contributed by atoms with E-state index in [2.05, 4.69) is 49.9 Å². The zero-order chi connectivity index (χ0) is 11.5. The fourth-order valence-electron chi connectivity index (χ4n) is 1.26. The van der Waals surface area contributed by atoms with Gasteiger partial charge in [-0.3, -0.25) is 0 Å². The minimum atomic E-state index is -0.200. The molecule has 0 aliphatic carbocycles. The molecule has 1 N–H and O–H groups in total. The molecule has 1 aromatic carbocycles. The van der Waals surface area contributed by atoms with E-state index in [4.69, 9.17) is 0 Å². The van der Waals surface area contributed by atoms with E-state index < -0.39 is 0 Å². The Hall–Kier alpha value is -0.140. The van der Waals surface area contributed by atoms with Gasteiger partial charge in [-0.05, 0) is 68.9 Å². The highest BCUT2D eigenvalue weighted by molar-refractivity contribution is 14.1. The molecule has 0 saturated heterocycles. The molecule has 0 spiro atoms. The van der Waals surface area contributed by atoms with Crippen molar-refractivity contribution in [3.05, 3.63) is 48.4 Å². The van der Waals surface area contributed by atoms with Crippen LogP contribution >= 0.6 is 49.9 Å². The molecule has 2 aromatic rings. The highest BCUT2D eigenvalue weighted by Crippen LogP contribution is 2.24. The van der Waals surface area contributed by atoms with E-state index in [0.29, 0.717) is 0 Å². The Labute approximate surface area is 119 Å². The predicted molar refractivity (Wildman–Crippen MR) is 78.5 cm³/mol. The van der Waals surface area contributed by atoms with Crippen molar-refractivity contribution in [3.8, 4) is 0 Å². The van der Waals surface area contributed by atoms with Crippen molar-refractivity contribution in [1.29, 1.82) is 0 Å². The van der Waals surface area contributed by atoms with Gasteiger partial charge in [0.05, 0.1) is 3.79 Å². The van der Waals surface area contributed by atoms with Gasteiger partial charge in [-0.25, -0.2) is 4.39 Å². The average Bonchev–Trinajstić information content (AvgIpc) is 2.63. The first kappa shape index (κ1) is 12.3. The highest BCUT2D eigenvalue weighted by atomic mass is 127. The summed E-state index contributed by atoms with van der Waals surface area (Å²) in [5.74, 6) is -0.200. The van der Waals surface area contributed by atoms with Gasteiger partial charge < -0.3 is 5.32 Å². The Morgan fingerprint density at radius 2 is 2.12 bits per heavy atom. The van der Waals surface area contributed by atoms with Gasteiger partial charge in [0.25, 0.3) is 0 Å². The number of anilines is 1. The number of rotatable bonds is 3. The third-order valence-electron chi connectivity index (χ3n) is 2.01. The maximum atomic E-state index is 12.9. The summed E-state index contributed by atoms with van der Waals surface area (Å²) in [5, 5.41) is 3.29. The summed E-state index contributed by atoms with van der Waals surface area (Å²) in [7, 11) is 0. The molecule has 84 valence electrons. The van der Waals surface area contributed by atoms with Crippen molar-refractivity contribution in [1.82, 2.24) is 0 Å². The van der Waals surface area contributed by atoms with Gasteiger partial charge in [-0.1, -0.05) is 0 Å². The van der Waals surface area contributed by atoms with E-state index in [1.54, 1.807) is 17.4 Å². The topological polar surface area (TPSA) is 12.0 Å². The van der Waals surface area contributed by atoms with Gasteiger partial charge in [0, 0.05) is 20.7 Å². The smallest absolute Gasteiger partial charge is 0.124 e. The summed E-state index contributed by atoms with van der Waals surface area (Å²) in [6.07, 6.45) is 0. The predicted octanol–water partition coefficient (Wildman–Crippen LogP) is 4.87. The number of benzene rings is 1. The normalized spacial score (nSPS) is 10.4. The maximum Gasteiger partial charge on any atom is 0.124 e. The number of hydrogen-bond donors (Lipinski definition) is 1.